The average Bonchev–Trinajstić information content (AvgIpc) is 2.91. The molecule has 2 rings (SSSR count). The van der Waals surface area contributed by atoms with Crippen molar-refractivity contribution < 1.29 is 13.9 Å². The van der Waals surface area contributed by atoms with Crippen LogP contribution >= 0.6 is 0 Å². The monoisotopic (exact) mass is 279 g/mol. The van der Waals surface area contributed by atoms with Gasteiger partial charge in [0, 0.05) is 6.42 Å². The van der Waals surface area contributed by atoms with Crippen LogP contribution in [0.3, 0.4) is 0 Å². The lowest BCUT2D eigenvalue weighted by atomic mass is 9.98. The van der Waals surface area contributed by atoms with Gasteiger partial charge in [0.15, 0.2) is 5.67 Å². The summed E-state index contributed by atoms with van der Waals surface area (Å²) < 4.78 is 20.0. The summed E-state index contributed by atoms with van der Waals surface area (Å²) in [6.45, 7) is 9.22. The Morgan fingerprint density at radius 3 is 2.65 bits per heavy atom. The van der Waals surface area contributed by atoms with Gasteiger partial charge in [-0.15, -0.1) is 0 Å². The number of carbonyl (C=O) groups is 1. The Balaban J connectivity index is 2.06. The third kappa shape index (κ3) is 2.94. The molecule has 0 radical (unpaired) electrons. The normalized spacial score (nSPS) is 25.2. The molecule has 0 aliphatic heterocycles. The summed E-state index contributed by atoms with van der Waals surface area (Å²) in [5.74, 6) is 0. The third-order valence-electron chi connectivity index (χ3n) is 3.64. The molecule has 1 N–H and O–H groups in total. The van der Waals surface area contributed by atoms with Crippen molar-refractivity contribution in [1.29, 1.82) is 0 Å². The van der Waals surface area contributed by atoms with Crippen molar-refractivity contribution in [3.05, 3.63) is 34.9 Å². The van der Waals surface area contributed by atoms with Crippen LogP contribution in [-0.2, 0) is 10.4 Å². The molecule has 0 unspecified atom stereocenters. The second-order valence-corrected chi connectivity index (χ2v) is 6.51. The first-order valence-corrected chi connectivity index (χ1v) is 6.88. The molecule has 0 saturated heterocycles. The van der Waals surface area contributed by atoms with Crippen LogP contribution in [0.4, 0.5) is 9.18 Å². The number of alkyl halides is 1. The molecule has 2 atom stereocenters. The zero-order valence-corrected chi connectivity index (χ0v) is 12.7. The number of halogens is 1. The molecule has 110 valence electrons. The molecule has 1 aromatic carbocycles. The average molecular weight is 279 g/mol. The Labute approximate surface area is 119 Å². The lowest BCUT2D eigenvalue weighted by Gasteiger charge is -2.20. The highest BCUT2D eigenvalue weighted by Crippen LogP contribution is 2.51. The molecule has 0 spiro atoms. The number of rotatable bonds is 2. The smallest absolute Gasteiger partial charge is 0.407 e. The summed E-state index contributed by atoms with van der Waals surface area (Å²) in [5, 5.41) is 2.61. The first kappa shape index (κ1) is 14.8. The van der Waals surface area contributed by atoms with E-state index >= 15 is 0 Å². The minimum Gasteiger partial charge on any atom is -0.444 e. The van der Waals surface area contributed by atoms with Gasteiger partial charge in [0.05, 0.1) is 6.04 Å². The van der Waals surface area contributed by atoms with E-state index in [-0.39, 0.29) is 0 Å². The number of amides is 1. The quantitative estimate of drug-likeness (QED) is 0.895. The van der Waals surface area contributed by atoms with E-state index < -0.39 is 23.4 Å². The zero-order chi connectivity index (χ0) is 15.1. The molecule has 0 aromatic heterocycles. The van der Waals surface area contributed by atoms with Crippen LogP contribution in [0.2, 0.25) is 0 Å². The molecular weight excluding hydrogens is 257 g/mol. The van der Waals surface area contributed by atoms with Gasteiger partial charge < -0.3 is 10.1 Å². The molecule has 1 saturated carbocycles. The summed E-state index contributed by atoms with van der Waals surface area (Å²) >= 11 is 0. The van der Waals surface area contributed by atoms with Crippen LogP contribution in [0.25, 0.3) is 0 Å². The molecule has 1 amide bonds. The second kappa shape index (κ2) is 4.76. The predicted octanol–water partition coefficient (Wildman–Crippen LogP) is 3.77. The van der Waals surface area contributed by atoms with E-state index in [0.29, 0.717) is 12.0 Å². The summed E-state index contributed by atoms with van der Waals surface area (Å²) in [7, 11) is 0. The first-order valence-electron chi connectivity index (χ1n) is 6.88. The highest BCUT2D eigenvalue weighted by atomic mass is 19.1. The van der Waals surface area contributed by atoms with Crippen LogP contribution < -0.4 is 5.32 Å². The fourth-order valence-electron chi connectivity index (χ4n) is 2.35. The molecule has 4 heteroatoms. The number of benzene rings is 1. The minimum atomic E-state index is -1.47. The van der Waals surface area contributed by atoms with E-state index in [1.54, 1.807) is 26.8 Å². The number of ether oxygens (including phenoxy) is 1. The second-order valence-electron chi connectivity index (χ2n) is 6.51. The number of alkyl carbamates (subject to hydrolysis) is 1. The summed E-state index contributed by atoms with van der Waals surface area (Å²) in [4.78, 5) is 11.7. The van der Waals surface area contributed by atoms with Gasteiger partial charge in [-0.1, -0.05) is 18.2 Å². The van der Waals surface area contributed by atoms with Gasteiger partial charge in [-0.25, -0.2) is 9.18 Å². The van der Waals surface area contributed by atoms with Crippen LogP contribution in [0.5, 0.6) is 0 Å². The van der Waals surface area contributed by atoms with Crippen LogP contribution in [-0.4, -0.2) is 17.7 Å². The van der Waals surface area contributed by atoms with Crippen LogP contribution in [0.15, 0.2) is 18.2 Å². The topological polar surface area (TPSA) is 38.3 Å². The Morgan fingerprint density at radius 1 is 1.40 bits per heavy atom. The van der Waals surface area contributed by atoms with Crippen LogP contribution in [0.1, 0.15) is 43.9 Å². The lowest BCUT2D eigenvalue weighted by molar-refractivity contribution is 0.0510. The Hall–Kier alpha value is -1.58. The molecule has 1 aliphatic carbocycles. The standard InChI is InChI=1S/C16H22FNO2/c1-10-7-6-8-12(11(10)2)16(17)9-13(16)18-14(19)20-15(3,4)5/h6-8,13H,9H2,1-5H3,(H,18,19)/t13-,16-/m0/s1. The highest BCUT2D eigenvalue weighted by molar-refractivity contribution is 5.69. The molecule has 0 bridgehead atoms. The number of nitrogens with one attached hydrogen (secondary N) is 1. The maximum absolute atomic E-state index is 14.9. The van der Waals surface area contributed by atoms with Crippen molar-refractivity contribution in [2.24, 2.45) is 0 Å². The predicted molar refractivity (Wildman–Crippen MR) is 76.5 cm³/mol. The minimum absolute atomic E-state index is 0.302. The molecule has 0 heterocycles. The van der Waals surface area contributed by atoms with Gasteiger partial charge in [-0.2, -0.15) is 0 Å². The van der Waals surface area contributed by atoms with Crippen molar-refractivity contribution in [1.82, 2.24) is 5.32 Å². The SMILES string of the molecule is Cc1cccc([C@@]2(F)C[C@@H]2NC(=O)OC(C)(C)C)c1C. The molecule has 20 heavy (non-hydrogen) atoms. The van der Waals surface area contributed by atoms with E-state index in [1.807, 2.05) is 26.0 Å². The zero-order valence-electron chi connectivity index (χ0n) is 12.7. The number of carbonyl (C=O) groups excluding carboxylic acids is 1. The Morgan fingerprint density at radius 2 is 2.05 bits per heavy atom. The van der Waals surface area contributed by atoms with Crippen molar-refractivity contribution in [2.45, 2.75) is 58.4 Å². The van der Waals surface area contributed by atoms with E-state index in [4.69, 9.17) is 4.74 Å². The number of hydrogen-bond donors (Lipinski definition) is 1. The first-order chi connectivity index (χ1) is 9.13. The van der Waals surface area contributed by atoms with E-state index in [2.05, 4.69) is 5.32 Å². The fraction of sp³-hybridized carbons (Fsp3) is 0.562. The van der Waals surface area contributed by atoms with E-state index in [9.17, 15) is 9.18 Å². The molecule has 1 fully saturated rings. The van der Waals surface area contributed by atoms with Crippen LogP contribution in [0, 0.1) is 13.8 Å². The van der Waals surface area contributed by atoms with Gasteiger partial charge in [0.1, 0.15) is 5.60 Å². The number of hydrogen-bond acceptors (Lipinski definition) is 2. The third-order valence-corrected chi connectivity index (χ3v) is 3.64. The molecule has 3 nitrogen and oxygen atoms in total. The van der Waals surface area contributed by atoms with Gasteiger partial charge in [0.2, 0.25) is 0 Å². The highest BCUT2D eigenvalue weighted by Gasteiger charge is 2.58. The maximum Gasteiger partial charge on any atom is 0.407 e. The van der Waals surface area contributed by atoms with Crippen molar-refractivity contribution in [3.63, 3.8) is 0 Å². The van der Waals surface area contributed by atoms with Gasteiger partial charge in [-0.3, -0.25) is 0 Å². The molecular formula is C16H22FNO2. The summed E-state index contributed by atoms with van der Waals surface area (Å²) in [5.41, 5.74) is 0.633. The van der Waals surface area contributed by atoms with E-state index in [1.165, 1.54) is 0 Å². The Bertz CT molecular complexity index is 536. The summed E-state index contributed by atoms with van der Waals surface area (Å²) in [6.07, 6.45) is -0.261. The lowest BCUT2D eigenvalue weighted by Crippen LogP contribution is -2.35. The molecule has 1 aliphatic rings. The Kier molecular flexibility index (Phi) is 3.53. The summed E-state index contributed by atoms with van der Waals surface area (Å²) in [6, 6.07) is 5.10. The maximum atomic E-state index is 14.9. The van der Waals surface area contributed by atoms with Crippen molar-refractivity contribution in [3.8, 4) is 0 Å². The van der Waals surface area contributed by atoms with Gasteiger partial charge >= 0.3 is 6.09 Å². The van der Waals surface area contributed by atoms with Crippen molar-refractivity contribution in [2.75, 3.05) is 0 Å². The van der Waals surface area contributed by atoms with Gasteiger partial charge in [0.25, 0.3) is 0 Å². The molecule has 1 aromatic rings. The largest absolute Gasteiger partial charge is 0.444 e. The number of aryl methyl sites for hydroxylation is 1. The van der Waals surface area contributed by atoms with E-state index in [0.717, 1.165) is 11.1 Å². The van der Waals surface area contributed by atoms with Gasteiger partial charge in [-0.05, 0) is 51.3 Å². The fourth-order valence-corrected chi connectivity index (χ4v) is 2.35. The van der Waals surface area contributed by atoms with Crippen molar-refractivity contribution >= 4 is 6.09 Å².